The molecule has 0 unspecified atom stereocenters. The van der Waals surface area contributed by atoms with E-state index >= 15 is 0 Å². The van der Waals surface area contributed by atoms with E-state index in [1.807, 2.05) is 0 Å². The minimum Gasteiger partial charge on any atom is -0.347 e. The second-order valence-corrected chi connectivity index (χ2v) is 7.53. The van der Waals surface area contributed by atoms with Crippen LogP contribution < -0.4 is 0 Å². The smallest absolute Gasteiger partial charge is 0.254 e. The Morgan fingerprint density at radius 3 is 2.37 bits per heavy atom. The summed E-state index contributed by atoms with van der Waals surface area (Å²) in [4.78, 5) is 14.9. The van der Waals surface area contributed by atoms with Gasteiger partial charge in [0.15, 0.2) is 5.79 Å². The number of halogens is 3. The molecule has 2 aromatic rings. The van der Waals surface area contributed by atoms with Crippen molar-refractivity contribution in [3.05, 3.63) is 57.8 Å². The van der Waals surface area contributed by atoms with Gasteiger partial charge in [0.25, 0.3) is 5.91 Å². The zero-order valence-electron chi connectivity index (χ0n) is 14.5. The summed E-state index contributed by atoms with van der Waals surface area (Å²) in [6, 6.07) is 9.16. The van der Waals surface area contributed by atoms with Crippen LogP contribution >= 0.6 is 23.2 Å². The van der Waals surface area contributed by atoms with Crippen molar-refractivity contribution in [2.24, 2.45) is 0 Å². The number of amides is 1. The number of likely N-dealkylation sites (tertiary alicyclic amines) is 1. The van der Waals surface area contributed by atoms with Crippen LogP contribution in [0.15, 0.2) is 36.4 Å². The molecule has 2 fully saturated rings. The second-order valence-electron chi connectivity index (χ2n) is 6.72. The minimum atomic E-state index is -0.549. The van der Waals surface area contributed by atoms with Gasteiger partial charge >= 0.3 is 0 Å². The lowest BCUT2D eigenvalue weighted by molar-refractivity contribution is -0.181. The molecule has 2 aliphatic heterocycles. The zero-order valence-corrected chi connectivity index (χ0v) is 16.0. The van der Waals surface area contributed by atoms with E-state index in [0.29, 0.717) is 65.9 Å². The molecule has 2 saturated heterocycles. The van der Waals surface area contributed by atoms with Crippen LogP contribution in [0.2, 0.25) is 10.0 Å². The Kier molecular flexibility index (Phi) is 5.12. The van der Waals surface area contributed by atoms with Crippen molar-refractivity contribution in [3.63, 3.8) is 0 Å². The van der Waals surface area contributed by atoms with Crippen molar-refractivity contribution in [2.75, 3.05) is 26.3 Å². The maximum Gasteiger partial charge on any atom is 0.254 e. The Morgan fingerprint density at radius 1 is 1.00 bits per heavy atom. The summed E-state index contributed by atoms with van der Waals surface area (Å²) in [5.74, 6) is -1.12. The van der Waals surface area contributed by atoms with Crippen LogP contribution in [0.1, 0.15) is 23.2 Å². The van der Waals surface area contributed by atoms with Gasteiger partial charge in [0.1, 0.15) is 5.82 Å². The van der Waals surface area contributed by atoms with E-state index in [4.69, 9.17) is 32.7 Å². The Labute approximate surface area is 166 Å². The van der Waals surface area contributed by atoms with Crippen molar-refractivity contribution in [1.82, 2.24) is 4.90 Å². The molecule has 0 aliphatic carbocycles. The van der Waals surface area contributed by atoms with Crippen molar-refractivity contribution >= 4 is 29.1 Å². The molecule has 1 spiro atoms. The number of piperidine rings is 1. The fourth-order valence-corrected chi connectivity index (χ4v) is 3.91. The molecule has 142 valence electrons. The van der Waals surface area contributed by atoms with Gasteiger partial charge in [-0.05, 0) is 41.5 Å². The molecule has 27 heavy (non-hydrogen) atoms. The van der Waals surface area contributed by atoms with Gasteiger partial charge in [0.05, 0.1) is 23.3 Å². The molecule has 0 radical (unpaired) electrons. The van der Waals surface area contributed by atoms with Gasteiger partial charge in [0.2, 0.25) is 0 Å². The first kappa shape index (κ1) is 18.7. The Morgan fingerprint density at radius 2 is 1.70 bits per heavy atom. The Balaban J connectivity index is 1.61. The van der Waals surface area contributed by atoms with Crippen molar-refractivity contribution in [3.8, 4) is 11.1 Å². The molecular weight excluding hydrogens is 392 g/mol. The van der Waals surface area contributed by atoms with Crippen LogP contribution in [-0.2, 0) is 9.47 Å². The van der Waals surface area contributed by atoms with Crippen LogP contribution in [0.4, 0.5) is 4.39 Å². The molecule has 0 atom stereocenters. The van der Waals surface area contributed by atoms with E-state index in [9.17, 15) is 9.18 Å². The van der Waals surface area contributed by atoms with Crippen molar-refractivity contribution in [2.45, 2.75) is 18.6 Å². The van der Waals surface area contributed by atoms with E-state index in [1.54, 1.807) is 23.1 Å². The minimum absolute atomic E-state index is 0.149. The highest BCUT2D eigenvalue weighted by Crippen LogP contribution is 2.34. The molecule has 4 rings (SSSR count). The Hall–Kier alpha value is -1.66. The van der Waals surface area contributed by atoms with E-state index in [-0.39, 0.29) is 5.91 Å². The summed E-state index contributed by atoms with van der Waals surface area (Å²) in [6.07, 6.45) is 1.25. The van der Waals surface area contributed by atoms with Gasteiger partial charge in [-0.25, -0.2) is 4.39 Å². The standard InChI is InChI=1S/C20H18Cl2FNO3/c21-17-4-1-13(11-18(17)22)16-12-14(23)2-3-15(16)19(25)24-7-5-20(6-8-24)26-9-10-27-20/h1-4,11-12H,5-10H2. The third kappa shape index (κ3) is 3.69. The number of hydrogen-bond acceptors (Lipinski definition) is 3. The number of carbonyl (C=O) groups excluding carboxylic acids is 1. The van der Waals surface area contributed by atoms with Crippen LogP contribution in [0.3, 0.4) is 0 Å². The number of nitrogens with zero attached hydrogens (tertiary/aromatic N) is 1. The molecule has 0 aromatic heterocycles. The Bertz CT molecular complexity index is 874. The van der Waals surface area contributed by atoms with Crippen LogP contribution in [-0.4, -0.2) is 42.9 Å². The molecule has 0 bridgehead atoms. The predicted molar refractivity (Wildman–Crippen MR) is 102 cm³/mol. The topological polar surface area (TPSA) is 38.8 Å². The van der Waals surface area contributed by atoms with Gasteiger partial charge in [-0.3, -0.25) is 4.79 Å². The molecule has 4 nitrogen and oxygen atoms in total. The summed E-state index contributed by atoms with van der Waals surface area (Å²) >= 11 is 12.1. The molecule has 7 heteroatoms. The normalized spacial score (nSPS) is 18.9. The van der Waals surface area contributed by atoms with Crippen molar-refractivity contribution < 1.29 is 18.7 Å². The van der Waals surface area contributed by atoms with E-state index < -0.39 is 11.6 Å². The number of carbonyl (C=O) groups is 1. The molecule has 0 saturated carbocycles. The van der Waals surface area contributed by atoms with E-state index in [1.165, 1.54) is 18.2 Å². The van der Waals surface area contributed by atoms with E-state index in [2.05, 4.69) is 0 Å². The van der Waals surface area contributed by atoms with Crippen LogP contribution in [0.5, 0.6) is 0 Å². The number of benzene rings is 2. The lowest BCUT2D eigenvalue weighted by Crippen LogP contribution is -2.47. The number of ether oxygens (including phenoxy) is 2. The fraction of sp³-hybridized carbons (Fsp3) is 0.350. The lowest BCUT2D eigenvalue weighted by Gasteiger charge is -2.37. The highest BCUT2D eigenvalue weighted by atomic mass is 35.5. The highest BCUT2D eigenvalue weighted by molar-refractivity contribution is 6.42. The molecule has 2 aliphatic rings. The maximum absolute atomic E-state index is 13.9. The van der Waals surface area contributed by atoms with Gasteiger partial charge in [-0.2, -0.15) is 0 Å². The molecule has 1 amide bonds. The van der Waals surface area contributed by atoms with Gasteiger partial charge in [-0.1, -0.05) is 29.3 Å². The van der Waals surface area contributed by atoms with Gasteiger partial charge < -0.3 is 14.4 Å². The monoisotopic (exact) mass is 409 g/mol. The first-order chi connectivity index (χ1) is 13.0. The van der Waals surface area contributed by atoms with Crippen LogP contribution in [0.25, 0.3) is 11.1 Å². The summed E-state index contributed by atoms with van der Waals surface area (Å²) in [7, 11) is 0. The zero-order chi connectivity index (χ0) is 19.0. The molecule has 0 N–H and O–H groups in total. The van der Waals surface area contributed by atoms with Gasteiger partial charge in [0, 0.05) is 31.5 Å². The highest BCUT2D eigenvalue weighted by Gasteiger charge is 2.41. The van der Waals surface area contributed by atoms with Gasteiger partial charge in [-0.15, -0.1) is 0 Å². The summed E-state index contributed by atoms with van der Waals surface area (Å²) in [5.41, 5.74) is 1.56. The number of rotatable bonds is 2. The predicted octanol–water partition coefficient (Wildman–Crippen LogP) is 4.78. The van der Waals surface area contributed by atoms with Crippen molar-refractivity contribution in [1.29, 1.82) is 0 Å². The average Bonchev–Trinajstić information content (AvgIpc) is 3.12. The largest absolute Gasteiger partial charge is 0.347 e. The lowest BCUT2D eigenvalue weighted by atomic mass is 9.97. The first-order valence-electron chi connectivity index (χ1n) is 8.80. The third-order valence-electron chi connectivity index (χ3n) is 5.07. The first-order valence-corrected chi connectivity index (χ1v) is 9.55. The third-order valence-corrected chi connectivity index (χ3v) is 5.81. The molecule has 2 aromatic carbocycles. The maximum atomic E-state index is 13.9. The molecular formula is C20H18Cl2FNO3. The summed E-state index contributed by atoms with van der Waals surface area (Å²) in [5, 5.41) is 0.759. The quantitative estimate of drug-likeness (QED) is 0.716. The van der Waals surface area contributed by atoms with Crippen LogP contribution in [0, 0.1) is 5.82 Å². The average molecular weight is 410 g/mol. The van der Waals surface area contributed by atoms with E-state index in [0.717, 1.165) is 0 Å². The second kappa shape index (κ2) is 7.40. The number of hydrogen-bond donors (Lipinski definition) is 0. The molecule has 2 heterocycles. The summed E-state index contributed by atoms with van der Waals surface area (Å²) in [6.45, 7) is 2.23. The summed E-state index contributed by atoms with van der Waals surface area (Å²) < 4.78 is 25.3. The fourth-order valence-electron chi connectivity index (χ4n) is 3.61. The SMILES string of the molecule is O=C(c1ccc(F)cc1-c1ccc(Cl)c(Cl)c1)N1CCC2(CC1)OCCO2.